The Morgan fingerprint density at radius 3 is 2.46 bits per heavy atom. The summed E-state index contributed by atoms with van der Waals surface area (Å²) in [5, 5.41) is 7.61. The van der Waals surface area contributed by atoms with E-state index in [1.165, 1.54) is 22.4 Å². The lowest BCUT2D eigenvalue weighted by molar-refractivity contribution is 0.313. The van der Waals surface area contributed by atoms with Crippen LogP contribution < -0.4 is 4.90 Å². The molecular formula is C21H23BrN4. The Hall–Kier alpha value is -2.11. The van der Waals surface area contributed by atoms with Crippen LogP contribution in [0.1, 0.15) is 5.69 Å². The van der Waals surface area contributed by atoms with Crippen molar-refractivity contribution in [3.05, 3.63) is 58.7 Å². The molecule has 1 saturated heterocycles. The molecule has 2 heterocycles. The van der Waals surface area contributed by atoms with Crippen molar-refractivity contribution in [2.24, 2.45) is 0 Å². The third-order valence-corrected chi connectivity index (χ3v) is 5.48. The quantitative estimate of drug-likeness (QED) is 0.686. The maximum Gasteiger partial charge on any atom is 0.0930 e. The van der Waals surface area contributed by atoms with Crippen molar-refractivity contribution in [3.8, 4) is 22.4 Å². The molecule has 0 spiro atoms. The van der Waals surface area contributed by atoms with Gasteiger partial charge < -0.3 is 9.80 Å². The highest BCUT2D eigenvalue weighted by Gasteiger charge is 2.17. The van der Waals surface area contributed by atoms with Crippen molar-refractivity contribution < 1.29 is 0 Å². The number of piperazine rings is 1. The van der Waals surface area contributed by atoms with Crippen LogP contribution in [-0.4, -0.2) is 48.3 Å². The van der Waals surface area contributed by atoms with Gasteiger partial charge in [0.15, 0.2) is 0 Å². The smallest absolute Gasteiger partial charge is 0.0930 e. The molecule has 1 aliphatic rings. The summed E-state index contributed by atoms with van der Waals surface area (Å²) in [5.74, 6) is 0. The second-order valence-electron chi connectivity index (χ2n) is 6.97. The predicted molar refractivity (Wildman–Crippen MR) is 112 cm³/mol. The van der Waals surface area contributed by atoms with Crippen LogP contribution >= 0.6 is 15.9 Å². The van der Waals surface area contributed by atoms with E-state index in [0.717, 1.165) is 42.0 Å². The van der Waals surface area contributed by atoms with Crippen LogP contribution in [0.5, 0.6) is 0 Å². The molecular weight excluding hydrogens is 388 g/mol. The molecule has 0 amide bonds. The van der Waals surface area contributed by atoms with Gasteiger partial charge in [0.05, 0.1) is 5.69 Å². The molecule has 1 N–H and O–H groups in total. The lowest BCUT2D eigenvalue weighted by Crippen LogP contribution is -2.44. The van der Waals surface area contributed by atoms with Crippen molar-refractivity contribution in [2.75, 3.05) is 38.1 Å². The standard InChI is InChI=1S/C21H23BrN4/c1-15-12-21(24-23-15)20-14-18(26-10-8-25(2)9-11-26)6-7-19(20)16-4-3-5-17(22)13-16/h3-7,12-14H,8-11H2,1-2H3,(H,23,24). The van der Waals surface area contributed by atoms with E-state index < -0.39 is 0 Å². The Morgan fingerprint density at radius 1 is 0.962 bits per heavy atom. The first kappa shape index (κ1) is 17.3. The average Bonchev–Trinajstić information content (AvgIpc) is 3.08. The molecule has 4 nitrogen and oxygen atoms in total. The number of anilines is 1. The number of aromatic nitrogens is 2. The molecule has 0 unspecified atom stereocenters. The third-order valence-electron chi connectivity index (χ3n) is 4.99. The Bertz CT molecular complexity index is 910. The molecule has 1 aromatic heterocycles. The number of likely N-dealkylation sites (N-methyl/N-ethyl adjacent to an activating group) is 1. The molecule has 26 heavy (non-hydrogen) atoms. The maximum absolute atomic E-state index is 4.53. The molecule has 2 aromatic carbocycles. The van der Waals surface area contributed by atoms with Gasteiger partial charge in [-0.05, 0) is 55.4 Å². The van der Waals surface area contributed by atoms with Crippen LogP contribution in [0, 0.1) is 6.92 Å². The van der Waals surface area contributed by atoms with Gasteiger partial charge in [-0.15, -0.1) is 0 Å². The van der Waals surface area contributed by atoms with Gasteiger partial charge in [0.25, 0.3) is 0 Å². The summed E-state index contributed by atoms with van der Waals surface area (Å²) >= 11 is 3.59. The second-order valence-corrected chi connectivity index (χ2v) is 7.88. The van der Waals surface area contributed by atoms with E-state index in [1.807, 2.05) is 6.92 Å². The van der Waals surface area contributed by atoms with Crippen molar-refractivity contribution in [2.45, 2.75) is 6.92 Å². The summed E-state index contributed by atoms with van der Waals surface area (Å²) in [6, 6.07) is 17.3. The van der Waals surface area contributed by atoms with E-state index >= 15 is 0 Å². The number of nitrogens with one attached hydrogen (secondary N) is 1. The zero-order chi connectivity index (χ0) is 18.1. The number of hydrogen-bond acceptors (Lipinski definition) is 3. The van der Waals surface area contributed by atoms with Gasteiger partial charge in [0, 0.05) is 47.6 Å². The SMILES string of the molecule is Cc1cc(-c2cc(N3CCN(C)CC3)ccc2-c2cccc(Br)c2)n[nH]1. The number of benzene rings is 2. The summed E-state index contributed by atoms with van der Waals surface area (Å²) in [6.45, 7) is 6.37. The molecule has 0 bridgehead atoms. The number of aryl methyl sites for hydroxylation is 1. The summed E-state index contributed by atoms with van der Waals surface area (Å²) in [5.41, 5.74) is 6.91. The first-order valence-corrected chi connectivity index (χ1v) is 9.75. The molecule has 3 aromatic rings. The summed E-state index contributed by atoms with van der Waals surface area (Å²) in [6.07, 6.45) is 0. The lowest BCUT2D eigenvalue weighted by atomic mass is 9.96. The van der Waals surface area contributed by atoms with Crippen LogP contribution in [0.3, 0.4) is 0 Å². The molecule has 0 aliphatic carbocycles. The average molecular weight is 411 g/mol. The highest BCUT2D eigenvalue weighted by atomic mass is 79.9. The normalized spacial score (nSPS) is 15.4. The Labute approximate surface area is 163 Å². The first-order chi connectivity index (χ1) is 12.6. The molecule has 0 atom stereocenters. The van der Waals surface area contributed by atoms with Crippen LogP contribution in [0.4, 0.5) is 5.69 Å². The van der Waals surface area contributed by atoms with Crippen LogP contribution in [0.25, 0.3) is 22.4 Å². The van der Waals surface area contributed by atoms with Gasteiger partial charge in [-0.25, -0.2) is 0 Å². The highest BCUT2D eigenvalue weighted by molar-refractivity contribution is 9.10. The van der Waals surface area contributed by atoms with E-state index in [9.17, 15) is 0 Å². The van der Waals surface area contributed by atoms with E-state index in [-0.39, 0.29) is 0 Å². The van der Waals surface area contributed by atoms with Crippen molar-refractivity contribution in [3.63, 3.8) is 0 Å². The molecule has 134 valence electrons. The van der Waals surface area contributed by atoms with E-state index in [0.29, 0.717) is 0 Å². The molecule has 5 heteroatoms. The Kier molecular flexibility index (Phi) is 4.83. The monoisotopic (exact) mass is 410 g/mol. The molecule has 1 fully saturated rings. The number of rotatable bonds is 3. The fourth-order valence-electron chi connectivity index (χ4n) is 3.47. The van der Waals surface area contributed by atoms with Crippen LogP contribution in [0.15, 0.2) is 53.0 Å². The number of aromatic amines is 1. The second kappa shape index (κ2) is 7.25. The van der Waals surface area contributed by atoms with Gasteiger partial charge >= 0.3 is 0 Å². The fourth-order valence-corrected chi connectivity index (χ4v) is 3.87. The summed E-state index contributed by atoms with van der Waals surface area (Å²) in [4.78, 5) is 4.85. The lowest BCUT2D eigenvalue weighted by Gasteiger charge is -2.34. The van der Waals surface area contributed by atoms with Crippen molar-refractivity contribution >= 4 is 21.6 Å². The van der Waals surface area contributed by atoms with Gasteiger partial charge in [0.1, 0.15) is 0 Å². The minimum absolute atomic E-state index is 0.994. The minimum atomic E-state index is 0.994. The van der Waals surface area contributed by atoms with Gasteiger partial charge in [-0.2, -0.15) is 5.10 Å². The Morgan fingerprint density at radius 2 is 1.77 bits per heavy atom. The van der Waals surface area contributed by atoms with Gasteiger partial charge in [-0.1, -0.05) is 34.1 Å². The van der Waals surface area contributed by atoms with Gasteiger partial charge in [0.2, 0.25) is 0 Å². The molecule has 1 aliphatic heterocycles. The van der Waals surface area contributed by atoms with Gasteiger partial charge in [-0.3, -0.25) is 5.10 Å². The van der Waals surface area contributed by atoms with E-state index in [1.54, 1.807) is 0 Å². The topological polar surface area (TPSA) is 35.2 Å². The van der Waals surface area contributed by atoms with E-state index in [4.69, 9.17) is 0 Å². The number of halogens is 1. The molecule has 4 rings (SSSR count). The number of nitrogens with zero attached hydrogens (tertiary/aromatic N) is 3. The predicted octanol–water partition coefficient (Wildman–Crippen LogP) is 4.57. The number of hydrogen-bond donors (Lipinski definition) is 1. The number of H-pyrrole nitrogens is 1. The van der Waals surface area contributed by atoms with Crippen LogP contribution in [0.2, 0.25) is 0 Å². The third kappa shape index (κ3) is 3.55. The highest BCUT2D eigenvalue weighted by Crippen LogP contribution is 2.35. The first-order valence-electron chi connectivity index (χ1n) is 8.96. The summed E-state index contributed by atoms with van der Waals surface area (Å²) in [7, 11) is 2.19. The minimum Gasteiger partial charge on any atom is -0.369 e. The fraction of sp³-hybridized carbons (Fsp3) is 0.286. The van der Waals surface area contributed by atoms with Crippen molar-refractivity contribution in [1.82, 2.24) is 15.1 Å². The molecule has 0 radical (unpaired) electrons. The molecule has 0 saturated carbocycles. The Balaban J connectivity index is 1.79. The largest absolute Gasteiger partial charge is 0.369 e. The zero-order valence-electron chi connectivity index (χ0n) is 15.2. The zero-order valence-corrected chi connectivity index (χ0v) is 16.8. The maximum atomic E-state index is 4.53. The van der Waals surface area contributed by atoms with Crippen LogP contribution in [-0.2, 0) is 0 Å². The summed E-state index contributed by atoms with van der Waals surface area (Å²) < 4.78 is 1.09. The van der Waals surface area contributed by atoms with E-state index in [2.05, 4.69) is 91.5 Å². The van der Waals surface area contributed by atoms with Crippen molar-refractivity contribution in [1.29, 1.82) is 0 Å².